The third-order valence-electron chi connectivity index (χ3n) is 5.59. The lowest BCUT2D eigenvalue weighted by atomic mass is 9.89. The molecule has 2 aliphatic carbocycles. The van der Waals surface area contributed by atoms with E-state index in [-0.39, 0.29) is 0 Å². The van der Waals surface area contributed by atoms with Gasteiger partial charge in [0, 0.05) is 0 Å². The normalized spacial score (nSPS) is 32.6. The number of hydrogen-bond acceptors (Lipinski definition) is 0. The third-order valence-corrected chi connectivity index (χ3v) is 5.59. The van der Waals surface area contributed by atoms with Crippen LogP contribution in [0.5, 0.6) is 0 Å². The number of rotatable bonds is 4. The summed E-state index contributed by atoms with van der Waals surface area (Å²) in [6, 6.07) is 8.70. The number of fused-ring (bicyclic) bond motifs is 1. The van der Waals surface area contributed by atoms with Crippen molar-refractivity contribution in [1.29, 1.82) is 0 Å². The Bertz CT molecular complexity index is 479. The minimum Gasteiger partial charge on any atom is -0.0985 e. The first kappa shape index (κ1) is 13.7. The molecule has 0 saturated heterocycles. The molecule has 0 bridgehead atoms. The molecule has 20 heavy (non-hydrogen) atoms. The summed E-state index contributed by atoms with van der Waals surface area (Å²) in [6.45, 7) is 6.18. The van der Waals surface area contributed by atoms with Gasteiger partial charge in [-0.15, -0.1) is 0 Å². The first-order valence-corrected chi connectivity index (χ1v) is 8.22. The maximum Gasteiger partial charge on any atom is -0.0196 e. The van der Waals surface area contributed by atoms with Gasteiger partial charge in [-0.2, -0.15) is 0 Å². The van der Waals surface area contributed by atoms with Crippen LogP contribution in [-0.2, 0) is 0 Å². The van der Waals surface area contributed by atoms with Crippen molar-refractivity contribution in [1.82, 2.24) is 0 Å². The number of allylic oxidation sites excluding steroid dienone is 1. The topological polar surface area (TPSA) is 0 Å². The van der Waals surface area contributed by atoms with Crippen LogP contribution in [0.1, 0.15) is 50.2 Å². The molecule has 0 heterocycles. The highest BCUT2D eigenvalue weighted by Crippen LogP contribution is 2.52. The molecule has 0 nitrogen and oxygen atoms in total. The second-order valence-electron chi connectivity index (χ2n) is 6.56. The molecule has 0 amide bonds. The molecule has 0 heteroatoms. The highest BCUT2D eigenvalue weighted by Gasteiger charge is 2.43. The zero-order valence-corrected chi connectivity index (χ0v) is 12.6. The summed E-state index contributed by atoms with van der Waals surface area (Å²) < 4.78 is 0. The number of benzene rings is 1. The van der Waals surface area contributed by atoms with Crippen LogP contribution in [0, 0.1) is 23.7 Å². The van der Waals surface area contributed by atoms with Gasteiger partial charge in [0.1, 0.15) is 0 Å². The van der Waals surface area contributed by atoms with Crippen LogP contribution < -0.4 is 0 Å². The molecule has 1 aromatic rings. The minimum atomic E-state index is 0.825. The molecule has 0 N–H and O–H groups in total. The lowest BCUT2D eigenvalue weighted by molar-refractivity contribution is 0.339. The van der Waals surface area contributed by atoms with Crippen LogP contribution in [0.3, 0.4) is 0 Å². The van der Waals surface area contributed by atoms with Crippen LogP contribution in [0.25, 0.3) is 12.2 Å². The van der Waals surface area contributed by atoms with Gasteiger partial charge < -0.3 is 0 Å². The summed E-state index contributed by atoms with van der Waals surface area (Å²) in [5, 5.41) is 0. The summed E-state index contributed by atoms with van der Waals surface area (Å²) in [5.74, 6) is 3.81. The molecule has 106 valence electrons. The van der Waals surface area contributed by atoms with E-state index in [9.17, 15) is 0 Å². The SMILES string of the molecule is C=Cc1ccc(/C=C/C2CC(CC)C3CCCC23)cc1. The highest BCUT2D eigenvalue weighted by molar-refractivity contribution is 5.55. The quantitative estimate of drug-likeness (QED) is 0.645. The van der Waals surface area contributed by atoms with Gasteiger partial charge in [-0.25, -0.2) is 0 Å². The maximum absolute atomic E-state index is 3.81. The summed E-state index contributed by atoms with van der Waals surface area (Å²) in [4.78, 5) is 0. The molecule has 0 aliphatic heterocycles. The Kier molecular flexibility index (Phi) is 4.10. The Balaban J connectivity index is 1.70. The molecule has 0 aromatic heterocycles. The van der Waals surface area contributed by atoms with Crippen LogP contribution in [0.2, 0.25) is 0 Å². The molecule has 4 atom stereocenters. The molecule has 2 fully saturated rings. The van der Waals surface area contributed by atoms with E-state index in [1.165, 1.54) is 43.2 Å². The van der Waals surface area contributed by atoms with Gasteiger partial charge in [0.25, 0.3) is 0 Å². The van der Waals surface area contributed by atoms with Crippen molar-refractivity contribution in [3.05, 3.63) is 48.0 Å². The predicted molar refractivity (Wildman–Crippen MR) is 88.3 cm³/mol. The van der Waals surface area contributed by atoms with Gasteiger partial charge >= 0.3 is 0 Å². The zero-order valence-electron chi connectivity index (χ0n) is 12.6. The second-order valence-corrected chi connectivity index (χ2v) is 6.56. The average Bonchev–Trinajstić information content (AvgIpc) is 3.08. The minimum absolute atomic E-state index is 0.825. The zero-order chi connectivity index (χ0) is 13.9. The Morgan fingerprint density at radius 2 is 1.80 bits per heavy atom. The fraction of sp³-hybridized carbons (Fsp3) is 0.500. The Morgan fingerprint density at radius 1 is 1.10 bits per heavy atom. The molecule has 0 radical (unpaired) electrons. The van der Waals surface area contributed by atoms with Crippen molar-refractivity contribution in [2.75, 3.05) is 0 Å². The third kappa shape index (κ3) is 2.61. The van der Waals surface area contributed by atoms with Crippen molar-refractivity contribution in [3.8, 4) is 0 Å². The molecule has 1 aromatic carbocycles. The largest absolute Gasteiger partial charge is 0.0985 e. The molecular weight excluding hydrogens is 240 g/mol. The van der Waals surface area contributed by atoms with Crippen molar-refractivity contribution >= 4 is 12.2 Å². The summed E-state index contributed by atoms with van der Waals surface area (Å²) >= 11 is 0. The fourth-order valence-corrected chi connectivity index (χ4v) is 4.50. The van der Waals surface area contributed by atoms with E-state index in [2.05, 4.69) is 49.9 Å². The standard InChI is InChI=1S/C20H26/c1-3-15-8-10-16(11-9-15)12-13-18-14-17(4-2)19-6-5-7-20(18)19/h3,8-13,17-20H,1,4-7,14H2,2H3/b13-12+. The second kappa shape index (κ2) is 5.99. The van der Waals surface area contributed by atoms with Crippen LogP contribution >= 0.6 is 0 Å². The molecule has 4 unspecified atom stereocenters. The van der Waals surface area contributed by atoms with Crippen LogP contribution in [-0.4, -0.2) is 0 Å². The average molecular weight is 266 g/mol. The summed E-state index contributed by atoms with van der Waals surface area (Å²) in [5.41, 5.74) is 2.52. The monoisotopic (exact) mass is 266 g/mol. The van der Waals surface area contributed by atoms with Crippen molar-refractivity contribution in [2.24, 2.45) is 23.7 Å². The van der Waals surface area contributed by atoms with Gasteiger partial charge in [0.15, 0.2) is 0 Å². The molecule has 2 saturated carbocycles. The van der Waals surface area contributed by atoms with Gasteiger partial charge in [0.2, 0.25) is 0 Å². The van der Waals surface area contributed by atoms with E-state index in [1.54, 1.807) is 0 Å². The van der Waals surface area contributed by atoms with Crippen molar-refractivity contribution in [2.45, 2.75) is 39.0 Å². The lowest BCUT2D eigenvalue weighted by Crippen LogP contribution is -2.09. The Hall–Kier alpha value is -1.30. The van der Waals surface area contributed by atoms with Gasteiger partial charge in [0.05, 0.1) is 0 Å². The first-order valence-electron chi connectivity index (χ1n) is 8.22. The van der Waals surface area contributed by atoms with E-state index in [4.69, 9.17) is 0 Å². The van der Waals surface area contributed by atoms with Gasteiger partial charge in [-0.1, -0.05) is 68.8 Å². The van der Waals surface area contributed by atoms with E-state index in [0.29, 0.717) is 0 Å². The summed E-state index contributed by atoms with van der Waals surface area (Å²) in [6.07, 6.45) is 14.0. The number of hydrogen-bond donors (Lipinski definition) is 0. The van der Waals surface area contributed by atoms with E-state index in [0.717, 1.165) is 23.7 Å². The van der Waals surface area contributed by atoms with Gasteiger partial charge in [-0.3, -0.25) is 0 Å². The van der Waals surface area contributed by atoms with E-state index in [1.807, 2.05) is 6.08 Å². The Labute approximate surface area is 123 Å². The van der Waals surface area contributed by atoms with Gasteiger partial charge in [-0.05, 0) is 54.1 Å². The molecule has 3 rings (SSSR count). The maximum atomic E-state index is 3.81. The van der Waals surface area contributed by atoms with Crippen LogP contribution in [0.15, 0.2) is 36.9 Å². The highest BCUT2D eigenvalue weighted by atomic mass is 14.5. The summed E-state index contributed by atoms with van der Waals surface area (Å²) in [7, 11) is 0. The molecule has 2 aliphatic rings. The Morgan fingerprint density at radius 3 is 2.50 bits per heavy atom. The van der Waals surface area contributed by atoms with Crippen LogP contribution in [0.4, 0.5) is 0 Å². The first-order chi connectivity index (χ1) is 9.81. The predicted octanol–water partition coefficient (Wildman–Crippen LogP) is 5.81. The molecule has 0 spiro atoms. The molecular formula is C20H26. The van der Waals surface area contributed by atoms with E-state index >= 15 is 0 Å². The smallest absolute Gasteiger partial charge is 0.0196 e. The van der Waals surface area contributed by atoms with Crippen molar-refractivity contribution < 1.29 is 0 Å². The lowest BCUT2D eigenvalue weighted by Gasteiger charge is -2.16. The van der Waals surface area contributed by atoms with E-state index < -0.39 is 0 Å². The fourth-order valence-electron chi connectivity index (χ4n) is 4.50. The van der Waals surface area contributed by atoms with Crippen molar-refractivity contribution in [3.63, 3.8) is 0 Å².